The molecule has 6 atom stereocenters. The summed E-state index contributed by atoms with van der Waals surface area (Å²) < 4.78 is 5.59. The molecule has 2 N–H and O–H groups in total. The largest absolute Gasteiger partial charge is 0.459 e. The van der Waals surface area contributed by atoms with Crippen molar-refractivity contribution < 1.29 is 19.7 Å². The SMILES string of the molecule is C=C1CC[C@H]2C(=C)CC[C@@H]3[C@H](OC(=O)[C@@]3(O)C[C@@H](C)O)[C@@H]12. The summed E-state index contributed by atoms with van der Waals surface area (Å²) in [5.74, 6) is -0.461. The number of esters is 1. The van der Waals surface area contributed by atoms with Crippen LogP contribution in [-0.4, -0.2) is 34.0 Å². The molecule has 0 amide bonds. The molecule has 3 fully saturated rings. The van der Waals surface area contributed by atoms with Gasteiger partial charge in [0.2, 0.25) is 0 Å². The Morgan fingerprint density at radius 3 is 2.67 bits per heavy atom. The van der Waals surface area contributed by atoms with Gasteiger partial charge in [-0.1, -0.05) is 24.3 Å². The van der Waals surface area contributed by atoms with Gasteiger partial charge in [-0.3, -0.25) is 0 Å². The van der Waals surface area contributed by atoms with Crippen LogP contribution in [0.1, 0.15) is 39.0 Å². The molecule has 1 saturated heterocycles. The Labute approximate surface area is 125 Å². The molecule has 3 rings (SSSR count). The molecule has 21 heavy (non-hydrogen) atoms. The maximum Gasteiger partial charge on any atom is 0.338 e. The Hall–Kier alpha value is -1.13. The van der Waals surface area contributed by atoms with Crippen LogP contribution in [0.5, 0.6) is 0 Å². The van der Waals surface area contributed by atoms with Crippen molar-refractivity contribution in [2.45, 2.75) is 56.8 Å². The molecule has 1 heterocycles. The molecule has 0 aromatic heterocycles. The van der Waals surface area contributed by atoms with Crippen molar-refractivity contribution in [3.8, 4) is 0 Å². The van der Waals surface area contributed by atoms with Crippen LogP contribution in [0.15, 0.2) is 24.3 Å². The summed E-state index contributed by atoms with van der Waals surface area (Å²) in [6.45, 7) is 9.93. The fourth-order valence-electron chi connectivity index (χ4n) is 4.56. The molecule has 0 bridgehead atoms. The lowest BCUT2D eigenvalue weighted by Gasteiger charge is -2.30. The molecule has 3 aliphatic rings. The summed E-state index contributed by atoms with van der Waals surface area (Å²) in [7, 11) is 0. The summed E-state index contributed by atoms with van der Waals surface area (Å²) in [6.07, 6.45) is 2.40. The number of fused-ring (bicyclic) bond motifs is 3. The van der Waals surface area contributed by atoms with Crippen molar-refractivity contribution in [3.63, 3.8) is 0 Å². The first-order valence-corrected chi connectivity index (χ1v) is 7.81. The highest BCUT2D eigenvalue weighted by Gasteiger charge is 2.61. The van der Waals surface area contributed by atoms with E-state index in [0.717, 1.165) is 24.8 Å². The Kier molecular flexibility index (Phi) is 3.49. The normalized spacial score (nSPS) is 44.0. The highest BCUT2D eigenvalue weighted by Crippen LogP contribution is 2.53. The third kappa shape index (κ3) is 2.16. The second kappa shape index (κ2) is 4.96. The van der Waals surface area contributed by atoms with Crippen molar-refractivity contribution in [1.82, 2.24) is 0 Å². The molecule has 0 unspecified atom stereocenters. The number of hydrogen-bond acceptors (Lipinski definition) is 4. The van der Waals surface area contributed by atoms with Crippen molar-refractivity contribution in [2.75, 3.05) is 0 Å². The van der Waals surface area contributed by atoms with E-state index < -0.39 is 17.7 Å². The van der Waals surface area contributed by atoms with E-state index in [2.05, 4.69) is 13.2 Å². The predicted octanol–water partition coefficient (Wildman–Crippen LogP) is 1.96. The summed E-state index contributed by atoms with van der Waals surface area (Å²) in [5.41, 5.74) is 0.715. The van der Waals surface area contributed by atoms with Gasteiger partial charge in [-0.15, -0.1) is 0 Å². The van der Waals surface area contributed by atoms with Gasteiger partial charge >= 0.3 is 5.97 Å². The summed E-state index contributed by atoms with van der Waals surface area (Å²) >= 11 is 0. The highest BCUT2D eigenvalue weighted by molar-refractivity contribution is 5.82. The lowest BCUT2D eigenvalue weighted by Crippen LogP contribution is -2.45. The topological polar surface area (TPSA) is 66.8 Å². The lowest BCUT2D eigenvalue weighted by molar-refractivity contribution is -0.158. The van der Waals surface area contributed by atoms with Gasteiger partial charge in [0.25, 0.3) is 0 Å². The molecular weight excluding hydrogens is 268 g/mol. The van der Waals surface area contributed by atoms with E-state index in [1.54, 1.807) is 6.92 Å². The molecule has 0 aromatic carbocycles. The zero-order valence-corrected chi connectivity index (χ0v) is 12.5. The van der Waals surface area contributed by atoms with Crippen LogP contribution in [-0.2, 0) is 9.53 Å². The van der Waals surface area contributed by atoms with Gasteiger partial charge in [0.05, 0.1) is 6.10 Å². The highest BCUT2D eigenvalue weighted by atomic mass is 16.6. The minimum atomic E-state index is -1.57. The first-order chi connectivity index (χ1) is 9.84. The van der Waals surface area contributed by atoms with E-state index in [0.29, 0.717) is 12.3 Å². The standard InChI is InChI=1S/C17H24O4/c1-9-5-7-13-15(14-10(2)4-6-12(9)14)21-16(19)17(13,20)8-11(3)18/h11-15,18,20H,1-2,4-8H2,3H3/t11-,12+,13-,14+,15+,17-/m1/s1. The predicted molar refractivity (Wildman–Crippen MR) is 78.3 cm³/mol. The molecule has 2 aliphatic carbocycles. The number of aliphatic hydroxyl groups is 2. The molecule has 1 aliphatic heterocycles. The van der Waals surface area contributed by atoms with Gasteiger partial charge in [0.15, 0.2) is 5.60 Å². The van der Waals surface area contributed by atoms with Crippen molar-refractivity contribution in [1.29, 1.82) is 0 Å². The Morgan fingerprint density at radius 2 is 2.00 bits per heavy atom. The van der Waals surface area contributed by atoms with Crippen molar-refractivity contribution in [2.24, 2.45) is 17.8 Å². The van der Waals surface area contributed by atoms with Gasteiger partial charge in [0, 0.05) is 18.3 Å². The summed E-state index contributed by atoms with van der Waals surface area (Å²) in [6, 6.07) is 0. The van der Waals surface area contributed by atoms with E-state index in [4.69, 9.17) is 4.74 Å². The quantitative estimate of drug-likeness (QED) is 0.603. The second-order valence-electron chi connectivity index (χ2n) is 6.98. The zero-order chi connectivity index (χ0) is 15.4. The first-order valence-electron chi connectivity index (χ1n) is 7.81. The third-order valence-electron chi connectivity index (χ3n) is 5.55. The summed E-state index contributed by atoms with van der Waals surface area (Å²) in [4.78, 5) is 12.3. The molecule has 0 aromatic rings. The van der Waals surface area contributed by atoms with Gasteiger partial charge < -0.3 is 14.9 Å². The number of hydrogen-bond donors (Lipinski definition) is 2. The maximum atomic E-state index is 12.3. The Bertz CT molecular complexity index is 495. The molecule has 116 valence electrons. The fraction of sp³-hybridized carbons (Fsp3) is 0.706. The molecule has 2 saturated carbocycles. The lowest BCUT2D eigenvalue weighted by atomic mass is 9.75. The third-order valence-corrected chi connectivity index (χ3v) is 5.55. The van der Waals surface area contributed by atoms with Crippen LogP contribution in [0.4, 0.5) is 0 Å². The molecule has 4 nitrogen and oxygen atoms in total. The Balaban J connectivity index is 1.97. The van der Waals surface area contributed by atoms with Crippen molar-refractivity contribution in [3.05, 3.63) is 24.3 Å². The van der Waals surface area contributed by atoms with Crippen LogP contribution in [0.3, 0.4) is 0 Å². The molecule has 0 radical (unpaired) electrons. The van der Waals surface area contributed by atoms with Gasteiger partial charge in [-0.05, 0) is 38.5 Å². The van der Waals surface area contributed by atoms with Crippen molar-refractivity contribution >= 4 is 5.97 Å². The van der Waals surface area contributed by atoms with Crippen LogP contribution >= 0.6 is 0 Å². The number of rotatable bonds is 2. The van der Waals surface area contributed by atoms with Crippen LogP contribution in [0.25, 0.3) is 0 Å². The van der Waals surface area contributed by atoms with E-state index >= 15 is 0 Å². The number of allylic oxidation sites excluding steroid dienone is 1. The average Bonchev–Trinajstić information content (AvgIpc) is 2.81. The number of aliphatic hydroxyl groups excluding tert-OH is 1. The maximum absolute atomic E-state index is 12.3. The fourth-order valence-corrected chi connectivity index (χ4v) is 4.56. The van der Waals surface area contributed by atoms with Crippen LogP contribution < -0.4 is 0 Å². The molecule has 0 spiro atoms. The monoisotopic (exact) mass is 292 g/mol. The number of carbonyl (C=O) groups excluding carboxylic acids is 1. The minimum Gasteiger partial charge on any atom is -0.459 e. The number of ether oxygens (including phenoxy) is 1. The number of carbonyl (C=O) groups is 1. The van der Waals surface area contributed by atoms with E-state index in [1.807, 2.05) is 0 Å². The van der Waals surface area contributed by atoms with E-state index in [1.165, 1.54) is 5.57 Å². The Morgan fingerprint density at radius 1 is 1.33 bits per heavy atom. The first kappa shape index (κ1) is 14.8. The minimum absolute atomic E-state index is 0.0311. The molecule has 4 heteroatoms. The van der Waals surface area contributed by atoms with Crippen LogP contribution in [0, 0.1) is 17.8 Å². The van der Waals surface area contributed by atoms with Crippen LogP contribution in [0.2, 0.25) is 0 Å². The van der Waals surface area contributed by atoms with E-state index in [9.17, 15) is 15.0 Å². The zero-order valence-electron chi connectivity index (χ0n) is 12.5. The van der Waals surface area contributed by atoms with Gasteiger partial charge in [-0.25, -0.2) is 4.79 Å². The molecular formula is C17H24O4. The van der Waals surface area contributed by atoms with Gasteiger partial charge in [0.1, 0.15) is 6.10 Å². The van der Waals surface area contributed by atoms with Gasteiger partial charge in [-0.2, -0.15) is 0 Å². The second-order valence-corrected chi connectivity index (χ2v) is 6.98. The smallest absolute Gasteiger partial charge is 0.338 e. The van der Waals surface area contributed by atoms with E-state index in [-0.39, 0.29) is 24.4 Å². The average molecular weight is 292 g/mol. The summed E-state index contributed by atoms with van der Waals surface area (Å²) in [5, 5.41) is 20.5.